The Morgan fingerprint density at radius 1 is 1.38 bits per heavy atom. The highest BCUT2D eigenvalue weighted by atomic mass is 16.5. The molecule has 24 heavy (non-hydrogen) atoms. The number of nitrogens with zero attached hydrogens (tertiary/aromatic N) is 1. The smallest absolute Gasteiger partial charge is 0.323 e. The highest BCUT2D eigenvalue weighted by molar-refractivity contribution is 5.96. The molecule has 2 N–H and O–H groups in total. The molecule has 0 aliphatic carbocycles. The zero-order chi connectivity index (χ0) is 17.5. The Morgan fingerprint density at radius 2 is 2.12 bits per heavy atom. The van der Waals surface area contributed by atoms with E-state index in [0.717, 1.165) is 11.3 Å². The van der Waals surface area contributed by atoms with E-state index in [-0.39, 0.29) is 43.8 Å². The van der Waals surface area contributed by atoms with Crippen molar-refractivity contribution in [3.63, 3.8) is 0 Å². The number of carbonyl (C=O) groups is 3. The number of ether oxygens (including phenoxy) is 1. The predicted molar refractivity (Wildman–Crippen MR) is 87.6 cm³/mol. The Labute approximate surface area is 140 Å². The van der Waals surface area contributed by atoms with Crippen LogP contribution in [0.15, 0.2) is 24.3 Å². The highest BCUT2D eigenvalue weighted by Gasteiger charge is 2.27. The SMILES string of the molecule is COCCN(CC(=O)O)C(=O)CC[C@H]1Cc2ccccc2NC1=O. The number of carboxylic acids is 1. The van der Waals surface area contributed by atoms with Crippen molar-refractivity contribution < 1.29 is 24.2 Å². The molecule has 1 aliphatic heterocycles. The van der Waals surface area contributed by atoms with E-state index >= 15 is 0 Å². The van der Waals surface area contributed by atoms with Gasteiger partial charge in [0.15, 0.2) is 0 Å². The van der Waals surface area contributed by atoms with Crippen LogP contribution < -0.4 is 5.32 Å². The standard InChI is InChI=1S/C17H22N2O5/c1-24-9-8-19(11-16(21)22)15(20)7-6-13-10-12-4-2-3-5-14(12)18-17(13)23/h2-5,13H,6-11H2,1H3,(H,18,23)(H,21,22)/t13-/m0/s1. The van der Waals surface area contributed by atoms with Crippen LogP contribution in [0.1, 0.15) is 18.4 Å². The molecule has 1 aromatic carbocycles. The number of hydrogen-bond donors (Lipinski definition) is 2. The summed E-state index contributed by atoms with van der Waals surface area (Å²) in [5.41, 5.74) is 1.87. The fourth-order valence-corrected chi connectivity index (χ4v) is 2.76. The van der Waals surface area contributed by atoms with Crippen molar-refractivity contribution in [1.29, 1.82) is 0 Å². The van der Waals surface area contributed by atoms with Crippen molar-refractivity contribution in [2.75, 3.05) is 32.1 Å². The third-order valence-electron chi connectivity index (χ3n) is 4.06. The Bertz CT molecular complexity index is 617. The van der Waals surface area contributed by atoms with E-state index in [9.17, 15) is 14.4 Å². The van der Waals surface area contributed by atoms with E-state index in [2.05, 4.69) is 5.32 Å². The average Bonchev–Trinajstić information content (AvgIpc) is 2.56. The minimum absolute atomic E-state index is 0.0943. The van der Waals surface area contributed by atoms with Crippen LogP contribution in [-0.4, -0.2) is 54.6 Å². The molecule has 1 aliphatic rings. The summed E-state index contributed by atoms with van der Waals surface area (Å²) in [4.78, 5) is 36.5. The first-order valence-electron chi connectivity index (χ1n) is 7.88. The number of hydrogen-bond acceptors (Lipinski definition) is 4. The number of aliphatic carboxylic acids is 1. The van der Waals surface area contributed by atoms with E-state index < -0.39 is 5.97 Å². The van der Waals surface area contributed by atoms with Gasteiger partial charge in [-0.05, 0) is 24.5 Å². The molecule has 0 fully saturated rings. The largest absolute Gasteiger partial charge is 0.480 e. The van der Waals surface area contributed by atoms with Crippen LogP contribution in [0.4, 0.5) is 5.69 Å². The maximum absolute atomic E-state index is 12.3. The zero-order valence-electron chi connectivity index (χ0n) is 13.7. The molecule has 1 aromatic rings. The molecular weight excluding hydrogens is 312 g/mol. The summed E-state index contributed by atoms with van der Waals surface area (Å²) in [5, 5.41) is 11.8. The molecule has 1 atom stereocenters. The number of carboxylic acid groups (broad SMARTS) is 1. The van der Waals surface area contributed by atoms with Crippen molar-refractivity contribution in [2.45, 2.75) is 19.3 Å². The molecule has 0 saturated carbocycles. The van der Waals surface area contributed by atoms with Gasteiger partial charge in [-0.15, -0.1) is 0 Å². The molecule has 2 rings (SSSR count). The van der Waals surface area contributed by atoms with Gasteiger partial charge in [0.2, 0.25) is 11.8 Å². The minimum Gasteiger partial charge on any atom is -0.480 e. The second-order valence-electron chi connectivity index (χ2n) is 5.79. The van der Waals surface area contributed by atoms with Gasteiger partial charge in [0.05, 0.1) is 6.61 Å². The van der Waals surface area contributed by atoms with E-state index in [1.165, 1.54) is 12.0 Å². The first-order valence-corrected chi connectivity index (χ1v) is 7.88. The van der Waals surface area contributed by atoms with Crippen molar-refractivity contribution in [1.82, 2.24) is 4.90 Å². The lowest BCUT2D eigenvalue weighted by Crippen LogP contribution is -2.38. The number of para-hydroxylation sites is 1. The van der Waals surface area contributed by atoms with Crippen LogP contribution in [-0.2, 0) is 25.5 Å². The Morgan fingerprint density at radius 3 is 2.83 bits per heavy atom. The molecule has 130 valence electrons. The summed E-state index contributed by atoms with van der Waals surface area (Å²) in [5.74, 6) is -1.72. The molecular formula is C17H22N2O5. The number of fused-ring (bicyclic) bond motifs is 1. The fourth-order valence-electron chi connectivity index (χ4n) is 2.76. The lowest BCUT2D eigenvalue weighted by atomic mass is 9.89. The third kappa shape index (κ3) is 4.79. The van der Waals surface area contributed by atoms with E-state index in [4.69, 9.17) is 9.84 Å². The lowest BCUT2D eigenvalue weighted by Gasteiger charge is -2.25. The van der Waals surface area contributed by atoms with Gasteiger partial charge in [-0.3, -0.25) is 14.4 Å². The topological polar surface area (TPSA) is 95.9 Å². The van der Waals surface area contributed by atoms with Crippen LogP contribution in [0.3, 0.4) is 0 Å². The zero-order valence-corrected chi connectivity index (χ0v) is 13.7. The van der Waals surface area contributed by atoms with Crippen LogP contribution in [0.5, 0.6) is 0 Å². The summed E-state index contributed by atoms with van der Waals surface area (Å²) in [7, 11) is 1.49. The van der Waals surface area contributed by atoms with Gasteiger partial charge < -0.3 is 20.1 Å². The van der Waals surface area contributed by atoms with Crippen molar-refractivity contribution >= 4 is 23.5 Å². The molecule has 2 amide bonds. The molecule has 7 nitrogen and oxygen atoms in total. The van der Waals surface area contributed by atoms with Crippen molar-refractivity contribution in [3.05, 3.63) is 29.8 Å². The highest BCUT2D eigenvalue weighted by Crippen LogP contribution is 2.27. The Hall–Kier alpha value is -2.41. The van der Waals surface area contributed by atoms with Crippen molar-refractivity contribution in [3.8, 4) is 0 Å². The van der Waals surface area contributed by atoms with Gasteiger partial charge in [0, 0.05) is 31.7 Å². The van der Waals surface area contributed by atoms with Gasteiger partial charge in [-0.25, -0.2) is 0 Å². The van der Waals surface area contributed by atoms with E-state index in [0.29, 0.717) is 12.8 Å². The first-order chi connectivity index (χ1) is 11.5. The van der Waals surface area contributed by atoms with Crippen molar-refractivity contribution in [2.24, 2.45) is 5.92 Å². The number of methoxy groups -OCH3 is 1. The summed E-state index contributed by atoms with van der Waals surface area (Å²) < 4.78 is 4.90. The maximum atomic E-state index is 12.3. The number of benzene rings is 1. The van der Waals surface area contributed by atoms with E-state index in [1.807, 2.05) is 24.3 Å². The van der Waals surface area contributed by atoms with Crippen LogP contribution >= 0.6 is 0 Å². The molecule has 7 heteroatoms. The van der Waals surface area contributed by atoms with Gasteiger partial charge in [-0.1, -0.05) is 18.2 Å². The Balaban J connectivity index is 1.92. The number of rotatable bonds is 8. The minimum atomic E-state index is -1.07. The number of carbonyl (C=O) groups excluding carboxylic acids is 2. The molecule has 0 aromatic heterocycles. The van der Waals surface area contributed by atoms with Crippen LogP contribution in [0, 0.1) is 5.92 Å². The maximum Gasteiger partial charge on any atom is 0.323 e. The summed E-state index contributed by atoms with van der Waals surface area (Å²) in [6, 6.07) is 7.59. The summed E-state index contributed by atoms with van der Waals surface area (Å²) >= 11 is 0. The van der Waals surface area contributed by atoms with Crippen LogP contribution in [0.25, 0.3) is 0 Å². The second kappa shape index (κ2) is 8.44. The summed E-state index contributed by atoms with van der Waals surface area (Å²) in [6.45, 7) is 0.138. The lowest BCUT2D eigenvalue weighted by molar-refractivity contribution is -0.145. The molecule has 0 saturated heterocycles. The molecule has 0 unspecified atom stereocenters. The number of anilines is 1. The van der Waals surface area contributed by atoms with Gasteiger partial charge in [0.1, 0.15) is 6.54 Å². The monoisotopic (exact) mass is 334 g/mol. The molecule has 1 heterocycles. The van der Waals surface area contributed by atoms with Gasteiger partial charge in [-0.2, -0.15) is 0 Å². The first kappa shape index (κ1) is 17.9. The predicted octanol–water partition coefficient (Wildman–Crippen LogP) is 1.14. The Kier molecular flexibility index (Phi) is 6.31. The normalized spacial score (nSPS) is 16.2. The van der Waals surface area contributed by atoms with Crippen LogP contribution in [0.2, 0.25) is 0 Å². The third-order valence-corrected chi connectivity index (χ3v) is 4.06. The average molecular weight is 334 g/mol. The second-order valence-corrected chi connectivity index (χ2v) is 5.79. The molecule has 0 radical (unpaired) electrons. The number of nitrogens with one attached hydrogen (secondary N) is 1. The fraction of sp³-hybridized carbons (Fsp3) is 0.471. The number of amides is 2. The molecule has 0 bridgehead atoms. The van der Waals surface area contributed by atoms with Gasteiger partial charge in [0.25, 0.3) is 0 Å². The van der Waals surface area contributed by atoms with Gasteiger partial charge >= 0.3 is 5.97 Å². The quantitative estimate of drug-likeness (QED) is 0.743. The van der Waals surface area contributed by atoms with E-state index in [1.54, 1.807) is 0 Å². The summed E-state index contributed by atoms with van der Waals surface area (Å²) in [6.07, 6.45) is 1.12. The molecule has 0 spiro atoms.